The van der Waals surface area contributed by atoms with Gasteiger partial charge in [0.15, 0.2) is 0 Å². The summed E-state index contributed by atoms with van der Waals surface area (Å²) in [7, 11) is -2.83. The van der Waals surface area contributed by atoms with Crippen LogP contribution in [-0.2, 0) is 16.0 Å². The predicted molar refractivity (Wildman–Crippen MR) is 101 cm³/mol. The second-order valence-corrected chi connectivity index (χ2v) is 11.2. The van der Waals surface area contributed by atoms with Crippen molar-refractivity contribution in [1.82, 2.24) is 9.88 Å². The van der Waals surface area contributed by atoms with E-state index in [1.165, 1.54) is 6.20 Å². The molecule has 1 aromatic heterocycles. The molecule has 1 spiro atoms. The van der Waals surface area contributed by atoms with Crippen LogP contribution in [0, 0.1) is 5.41 Å². The Morgan fingerprint density at radius 1 is 1.04 bits per heavy atom. The second kappa shape index (κ2) is 7.27. The first-order valence-corrected chi connectivity index (χ1v) is 12.0. The molecular weight excluding hydrogens is 389 g/mol. The molecule has 2 saturated heterocycles. The lowest BCUT2D eigenvalue weighted by Crippen LogP contribution is -2.40. The summed E-state index contributed by atoms with van der Waals surface area (Å²) < 4.78 is 61.5. The van der Waals surface area contributed by atoms with Crippen LogP contribution in [0.3, 0.4) is 0 Å². The standard InChI is InChI=1S/C20H27F3N2O2S/c21-20(22,23)18-6-3-16(13-24-18)15-1-4-17(5-2-15)25-10-7-19(14-25)8-11-28(26,27)12-9-19/h3,6,13,15,17H,1-2,4-5,7-12,14H2/t15-,17-. The van der Waals surface area contributed by atoms with Gasteiger partial charge in [-0.3, -0.25) is 9.88 Å². The van der Waals surface area contributed by atoms with Gasteiger partial charge in [0.25, 0.3) is 0 Å². The van der Waals surface area contributed by atoms with Crippen molar-refractivity contribution in [2.45, 2.75) is 63.1 Å². The van der Waals surface area contributed by atoms with E-state index in [-0.39, 0.29) is 11.3 Å². The summed E-state index contributed by atoms with van der Waals surface area (Å²) in [5, 5.41) is 0. The van der Waals surface area contributed by atoms with Gasteiger partial charge < -0.3 is 0 Å². The first-order chi connectivity index (χ1) is 13.2. The minimum atomic E-state index is -4.39. The highest BCUT2D eigenvalue weighted by Gasteiger charge is 2.44. The molecule has 0 bridgehead atoms. The van der Waals surface area contributed by atoms with Crippen LogP contribution in [0.5, 0.6) is 0 Å². The highest BCUT2D eigenvalue weighted by molar-refractivity contribution is 7.91. The van der Waals surface area contributed by atoms with Gasteiger partial charge in [-0.15, -0.1) is 0 Å². The van der Waals surface area contributed by atoms with Crippen LogP contribution in [-0.4, -0.2) is 48.9 Å². The molecule has 2 aliphatic heterocycles. The number of hydrogen-bond donors (Lipinski definition) is 0. The lowest BCUT2D eigenvalue weighted by molar-refractivity contribution is -0.141. The Morgan fingerprint density at radius 3 is 2.29 bits per heavy atom. The summed E-state index contributed by atoms with van der Waals surface area (Å²) in [6, 6.07) is 3.17. The lowest BCUT2D eigenvalue weighted by atomic mass is 9.80. The highest BCUT2D eigenvalue weighted by Crippen LogP contribution is 2.44. The molecule has 0 N–H and O–H groups in total. The number of aromatic nitrogens is 1. The molecule has 8 heteroatoms. The van der Waals surface area contributed by atoms with Crippen LogP contribution in [0.4, 0.5) is 13.2 Å². The summed E-state index contributed by atoms with van der Waals surface area (Å²) in [5.41, 5.74) is 0.253. The van der Waals surface area contributed by atoms with Gasteiger partial charge in [-0.05, 0) is 74.5 Å². The fourth-order valence-corrected chi connectivity index (χ4v) is 6.94. The number of hydrogen-bond acceptors (Lipinski definition) is 4. The van der Waals surface area contributed by atoms with Gasteiger partial charge in [0.05, 0.1) is 11.5 Å². The maximum atomic E-state index is 12.7. The zero-order chi connectivity index (χ0) is 20.0. The molecule has 1 aliphatic carbocycles. The molecule has 156 valence electrons. The van der Waals surface area contributed by atoms with Gasteiger partial charge in [-0.1, -0.05) is 6.07 Å². The number of alkyl halides is 3. The quantitative estimate of drug-likeness (QED) is 0.731. The van der Waals surface area contributed by atoms with Crippen molar-refractivity contribution in [2.75, 3.05) is 24.6 Å². The highest BCUT2D eigenvalue weighted by atomic mass is 32.2. The van der Waals surface area contributed by atoms with E-state index in [1.807, 2.05) is 0 Å². The van der Waals surface area contributed by atoms with Crippen LogP contribution < -0.4 is 0 Å². The summed E-state index contributed by atoms with van der Waals surface area (Å²) in [5.74, 6) is 0.936. The molecule has 1 aromatic rings. The average molecular weight is 417 g/mol. The van der Waals surface area contributed by atoms with Crippen molar-refractivity contribution in [2.24, 2.45) is 5.41 Å². The van der Waals surface area contributed by atoms with E-state index in [0.29, 0.717) is 17.5 Å². The first-order valence-electron chi connectivity index (χ1n) is 10.1. The second-order valence-electron chi connectivity index (χ2n) is 8.85. The Labute approximate surface area is 164 Å². The first kappa shape index (κ1) is 20.1. The van der Waals surface area contributed by atoms with Crippen molar-refractivity contribution in [3.63, 3.8) is 0 Å². The van der Waals surface area contributed by atoms with Crippen LogP contribution in [0.1, 0.15) is 62.1 Å². The summed E-state index contributed by atoms with van der Waals surface area (Å²) in [4.78, 5) is 6.15. The van der Waals surface area contributed by atoms with Gasteiger partial charge in [0.2, 0.25) is 0 Å². The molecule has 0 atom stereocenters. The maximum Gasteiger partial charge on any atom is 0.433 e. The van der Waals surface area contributed by atoms with E-state index in [0.717, 1.165) is 69.7 Å². The van der Waals surface area contributed by atoms with Crippen LogP contribution in [0.25, 0.3) is 0 Å². The van der Waals surface area contributed by atoms with E-state index < -0.39 is 21.7 Å². The SMILES string of the molecule is O=S1(=O)CCC2(CCN([C@H]3CC[C@H](c4ccc(C(F)(F)F)nc4)CC3)C2)CC1. The van der Waals surface area contributed by atoms with Crippen molar-refractivity contribution < 1.29 is 21.6 Å². The zero-order valence-electron chi connectivity index (χ0n) is 15.9. The third-order valence-corrected chi connectivity index (χ3v) is 8.77. The van der Waals surface area contributed by atoms with Crippen LogP contribution >= 0.6 is 0 Å². The van der Waals surface area contributed by atoms with E-state index in [9.17, 15) is 21.6 Å². The Kier molecular flexibility index (Phi) is 5.23. The van der Waals surface area contributed by atoms with Crippen molar-refractivity contribution in [3.05, 3.63) is 29.6 Å². The van der Waals surface area contributed by atoms with E-state index in [4.69, 9.17) is 0 Å². The monoisotopic (exact) mass is 416 g/mol. The van der Waals surface area contributed by atoms with Crippen molar-refractivity contribution >= 4 is 9.84 Å². The molecule has 0 unspecified atom stereocenters. The molecule has 4 rings (SSSR count). The largest absolute Gasteiger partial charge is 0.433 e. The molecular formula is C20H27F3N2O2S. The van der Waals surface area contributed by atoms with E-state index >= 15 is 0 Å². The normalized spacial score (nSPS) is 30.5. The Hall–Kier alpha value is -1.15. The molecule has 3 heterocycles. The number of pyridine rings is 1. The molecule has 28 heavy (non-hydrogen) atoms. The minimum Gasteiger partial charge on any atom is -0.300 e. The summed E-state index contributed by atoms with van der Waals surface area (Å²) in [6.45, 7) is 2.04. The van der Waals surface area contributed by atoms with Gasteiger partial charge in [-0.2, -0.15) is 13.2 Å². The smallest absolute Gasteiger partial charge is 0.300 e. The minimum absolute atomic E-state index is 0.180. The molecule has 3 aliphatic rings. The molecule has 0 radical (unpaired) electrons. The van der Waals surface area contributed by atoms with Crippen molar-refractivity contribution in [1.29, 1.82) is 0 Å². The van der Waals surface area contributed by atoms with E-state index in [1.54, 1.807) is 6.07 Å². The number of sulfone groups is 1. The third kappa shape index (κ3) is 4.22. The summed E-state index contributed by atoms with van der Waals surface area (Å²) in [6.07, 6.45) is 3.69. The zero-order valence-corrected chi connectivity index (χ0v) is 16.7. The molecule has 1 saturated carbocycles. The molecule has 4 nitrogen and oxygen atoms in total. The number of halogens is 3. The predicted octanol–water partition coefficient (Wildman–Crippen LogP) is 4.03. The Balaban J connectivity index is 1.31. The third-order valence-electron chi connectivity index (χ3n) is 7.12. The molecule has 3 fully saturated rings. The number of likely N-dealkylation sites (tertiary alicyclic amines) is 1. The Bertz CT molecular complexity index is 786. The maximum absolute atomic E-state index is 12.7. The summed E-state index contributed by atoms with van der Waals surface area (Å²) >= 11 is 0. The van der Waals surface area contributed by atoms with Gasteiger partial charge in [-0.25, -0.2) is 8.42 Å². The van der Waals surface area contributed by atoms with Crippen LogP contribution in [0.2, 0.25) is 0 Å². The fraction of sp³-hybridized carbons (Fsp3) is 0.750. The van der Waals surface area contributed by atoms with E-state index in [2.05, 4.69) is 9.88 Å². The fourth-order valence-electron chi connectivity index (χ4n) is 5.25. The number of nitrogens with zero attached hydrogens (tertiary/aromatic N) is 2. The van der Waals surface area contributed by atoms with Crippen LogP contribution in [0.15, 0.2) is 18.3 Å². The lowest BCUT2D eigenvalue weighted by Gasteiger charge is -2.37. The number of rotatable bonds is 2. The van der Waals surface area contributed by atoms with Crippen molar-refractivity contribution in [3.8, 4) is 0 Å². The van der Waals surface area contributed by atoms with Gasteiger partial charge in [0.1, 0.15) is 15.5 Å². The van der Waals surface area contributed by atoms with Gasteiger partial charge in [0, 0.05) is 18.8 Å². The molecule has 0 amide bonds. The Morgan fingerprint density at radius 2 is 1.71 bits per heavy atom. The topological polar surface area (TPSA) is 50.3 Å². The average Bonchev–Trinajstić information content (AvgIpc) is 3.09. The molecule has 0 aromatic carbocycles. The van der Waals surface area contributed by atoms with Gasteiger partial charge >= 0.3 is 6.18 Å².